The van der Waals surface area contributed by atoms with E-state index in [-0.39, 0.29) is 13.0 Å². The number of carbonyl (C=O) groups excluding carboxylic acids is 3. The van der Waals surface area contributed by atoms with Crippen molar-refractivity contribution in [2.45, 2.75) is 33.3 Å². The molecule has 0 saturated heterocycles. The molecule has 0 saturated carbocycles. The maximum Gasteiger partial charge on any atom is 0.321 e. The van der Waals surface area contributed by atoms with Gasteiger partial charge in [-0.3, -0.25) is 14.9 Å². The quantitative estimate of drug-likeness (QED) is 0.666. The molecular weight excluding hydrogens is 372 g/mol. The molecule has 0 heterocycles. The molecule has 0 spiro atoms. The number of esters is 1. The summed E-state index contributed by atoms with van der Waals surface area (Å²) in [5.74, 6) is -0.618. The Morgan fingerprint density at radius 2 is 1.76 bits per heavy atom. The maximum atomic E-state index is 12.5. The summed E-state index contributed by atoms with van der Waals surface area (Å²) in [6, 6.07) is 13.7. The van der Waals surface area contributed by atoms with Crippen LogP contribution in [0, 0.1) is 13.8 Å². The first-order chi connectivity index (χ1) is 13.9. The normalized spacial score (nSPS) is 11.3. The van der Waals surface area contributed by atoms with Crippen LogP contribution in [0.2, 0.25) is 0 Å². The van der Waals surface area contributed by atoms with E-state index in [1.54, 1.807) is 37.3 Å². The third kappa shape index (κ3) is 6.95. The minimum absolute atomic E-state index is 0.0366. The van der Waals surface area contributed by atoms with Gasteiger partial charge in [-0.1, -0.05) is 42.5 Å². The van der Waals surface area contributed by atoms with Gasteiger partial charge < -0.3 is 14.8 Å². The van der Waals surface area contributed by atoms with Gasteiger partial charge in [0.2, 0.25) is 6.10 Å². The van der Waals surface area contributed by atoms with Crippen molar-refractivity contribution in [3.8, 4) is 5.75 Å². The van der Waals surface area contributed by atoms with Crippen LogP contribution in [-0.2, 0) is 14.3 Å². The second kappa shape index (κ2) is 10.8. The summed E-state index contributed by atoms with van der Waals surface area (Å²) in [7, 11) is 0. The van der Waals surface area contributed by atoms with Crippen LogP contribution in [0.15, 0.2) is 48.5 Å². The van der Waals surface area contributed by atoms with Gasteiger partial charge in [-0.2, -0.15) is 0 Å². The zero-order valence-electron chi connectivity index (χ0n) is 16.9. The molecular formula is C22H26N2O5. The molecule has 2 aromatic carbocycles. The summed E-state index contributed by atoms with van der Waals surface area (Å²) in [6.07, 6.45) is -1.27. The number of ether oxygens (including phenoxy) is 2. The van der Waals surface area contributed by atoms with Crippen LogP contribution in [0.4, 0.5) is 4.79 Å². The lowest BCUT2D eigenvalue weighted by Crippen LogP contribution is -2.42. The molecule has 154 valence electrons. The predicted octanol–water partition coefficient (Wildman–Crippen LogP) is 3.20. The van der Waals surface area contributed by atoms with Crippen LogP contribution in [-0.4, -0.2) is 31.1 Å². The maximum absolute atomic E-state index is 12.5. The first-order valence-corrected chi connectivity index (χ1v) is 9.44. The average molecular weight is 398 g/mol. The van der Waals surface area contributed by atoms with Crippen molar-refractivity contribution in [3.63, 3.8) is 0 Å². The number of carbonyl (C=O) groups is 3. The molecule has 0 bridgehead atoms. The molecule has 7 nitrogen and oxygen atoms in total. The Morgan fingerprint density at radius 1 is 1.03 bits per heavy atom. The predicted molar refractivity (Wildman–Crippen MR) is 109 cm³/mol. The average Bonchev–Trinajstić information content (AvgIpc) is 2.69. The number of hydrogen-bond donors (Lipinski definition) is 2. The molecule has 0 radical (unpaired) electrons. The standard InChI is InChI=1S/C22H26N2O5/c1-4-23-22(27)24-21(26)20(17-8-6-5-7-9-17)29-19(25)12-13-28-18-14-15(2)10-11-16(18)3/h5-11,14,20H,4,12-13H2,1-3H3,(H2,23,24,26,27)/t20-/m1/s1. The summed E-state index contributed by atoms with van der Waals surface area (Å²) in [4.78, 5) is 36.4. The summed E-state index contributed by atoms with van der Waals surface area (Å²) < 4.78 is 11.0. The number of benzene rings is 2. The van der Waals surface area contributed by atoms with Crippen LogP contribution < -0.4 is 15.4 Å². The van der Waals surface area contributed by atoms with Gasteiger partial charge >= 0.3 is 12.0 Å². The molecule has 29 heavy (non-hydrogen) atoms. The van der Waals surface area contributed by atoms with Gasteiger partial charge in [0.15, 0.2) is 0 Å². The number of urea groups is 1. The topological polar surface area (TPSA) is 93.7 Å². The van der Waals surface area contributed by atoms with Gasteiger partial charge in [0, 0.05) is 12.1 Å². The van der Waals surface area contributed by atoms with Crippen LogP contribution in [0.1, 0.15) is 36.1 Å². The van der Waals surface area contributed by atoms with E-state index in [0.29, 0.717) is 17.9 Å². The van der Waals surface area contributed by atoms with E-state index in [1.165, 1.54) is 0 Å². The monoisotopic (exact) mass is 398 g/mol. The van der Waals surface area contributed by atoms with Gasteiger partial charge in [0.05, 0.1) is 13.0 Å². The van der Waals surface area contributed by atoms with E-state index in [2.05, 4.69) is 10.6 Å². The van der Waals surface area contributed by atoms with Crippen molar-refractivity contribution in [3.05, 3.63) is 65.2 Å². The summed E-state index contributed by atoms with van der Waals surface area (Å²) in [5, 5.41) is 4.65. The van der Waals surface area contributed by atoms with E-state index < -0.39 is 24.0 Å². The molecule has 0 aliphatic carbocycles. The fourth-order valence-electron chi connectivity index (χ4n) is 2.58. The van der Waals surface area contributed by atoms with Crippen LogP contribution in [0.3, 0.4) is 0 Å². The Morgan fingerprint density at radius 3 is 2.45 bits per heavy atom. The fourth-order valence-corrected chi connectivity index (χ4v) is 2.58. The SMILES string of the molecule is CCNC(=O)NC(=O)[C@H](OC(=O)CCOc1cc(C)ccc1C)c1ccccc1. The number of hydrogen-bond acceptors (Lipinski definition) is 5. The van der Waals surface area contributed by atoms with Gasteiger partial charge in [-0.15, -0.1) is 0 Å². The van der Waals surface area contributed by atoms with Crippen LogP contribution in [0.5, 0.6) is 5.75 Å². The molecule has 0 aliphatic rings. The molecule has 2 aromatic rings. The first kappa shape index (κ1) is 21.9. The third-order valence-electron chi connectivity index (χ3n) is 4.07. The highest BCUT2D eigenvalue weighted by Crippen LogP contribution is 2.21. The molecule has 2 rings (SSSR count). The van der Waals surface area contributed by atoms with E-state index in [9.17, 15) is 14.4 Å². The van der Waals surface area contributed by atoms with Crippen molar-refractivity contribution < 1.29 is 23.9 Å². The summed E-state index contributed by atoms with van der Waals surface area (Å²) in [5.41, 5.74) is 2.49. The Labute approximate surface area is 170 Å². The molecule has 0 aromatic heterocycles. The first-order valence-electron chi connectivity index (χ1n) is 9.44. The second-order valence-corrected chi connectivity index (χ2v) is 6.50. The highest BCUT2D eigenvalue weighted by atomic mass is 16.6. The molecule has 0 aliphatic heterocycles. The van der Waals surface area contributed by atoms with Crippen LogP contribution in [0.25, 0.3) is 0 Å². The minimum Gasteiger partial charge on any atom is -0.493 e. The Bertz CT molecular complexity index is 852. The van der Waals surface area contributed by atoms with Crippen molar-refractivity contribution in [1.82, 2.24) is 10.6 Å². The highest BCUT2D eigenvalue weighted by Gasteiger charge is 2.26. The van der Waals surface area contributed by atoms with E-state index in [1.807, 2.05) is 32.0 Å². The molecule has 3 amide bonds. The minimum atomic E-state index is -1.23. The molecule has 0 unspecified atom stereocenters. The fraction of sp³-hybridized carbons (Fsp3) is 0.318. The van der Waals surface area contributed by atoms with Gasteiger partial charge in [0.25, 0.3) is 5.91 Å². The zero-order valence-corrected chi connectivity index (χ0v) is 16.9. The number of aryl methyl sites for hydroxylation is 2. The molecule has 7 heteroatoms. The summed E-state index contributed by atoms with van der Waals surface area (Å²) in [6.45, 7) is 6.09. The Hall–Kier alpha value is -3.35. The van der Waals surface area contributed by atoms with Crippen molar-refractivity contribution in [2.24, 2.45) is 0 Å². The third-order valence-corrected chi connectivity index (χ3v) is 4.07. The number of imide groups is 1. The Balaban J connectivity index is 1.98. The molecule has 1 atom stereocenters. The Kier molecular flexibility index (Phi) is 8.21. The van der Waals surface area contributed by atoms with Crippen LogP contribution >= 0.6 is 0 Å². The number of amides is 3. The van der Waals surface area contributed by atoms with Gasteiger partial charge in [-0.05, 0) is 38.0 Å². The van der Waals surface area contributed by atoms with Gasteiger partial charge in [-0.25, -0.2) is 4.79 Å². The smallest absolute Gasteiger partial charge is 0.321 e. The highest BCUT2D eigenvalue weighted by molar-refractivity contribution is 5.97. The lowest BCUT2D eigenvalue weighted by atomic mass is 10.1. The van der Waals surface area contributed by atoms with E-state index in [0.717, 1.165) is 11.1 Å². The van der Waals surface area contributed by atoms with Crippen molar-refractivity contribution >= 4 is 17.9 Å². The largest absolute Gasteiger partial charge is 0.493 e. The lowest BCUT2D eigenvalue weighted by molar-refractivity contribution is -0.156. The van der Waals surface area contributed by atoms with Crippen molar-refractivity contribution in [1.29, 1.82) is 0 Å². The lowest BCUT2D eigenvalue weighted by Gasteiger charge is -2.18. The molecule has 0 fully saturated rings. The molecule has 2 N–H and O–H groups in total. The summed E-state index contributed by atoms with van der Waals surface area (Å²) >= 11 is 0. The van der Waals surface area contributed by atoms with Gasteiger partial charge in [0.1, 0.15) is 5.75 Å². The van der Waals surface area contributed by atoms with Crippen molar-refractivity contribution in [2.75, 3.05) is 13.2 Å². The van der Waals surface area contributed by atoms with E-state index >= 15 is 0 Å². The number of nitrogens with one attached hydrogen (secondary N) is 2. The number of rotatable bonds is 8. The van der Waals surface area contributed by atoms with E-state index in [4.69, 9.17) is 9.47 Å². The zero-order chi connectivity index (χ0) is 21.2. The second-order valence-electron chi connectivity index (χ2n) is 6.50.